The molecule has 1 aromatic carbocycles. The molecule has 0 amide bonds. The molecule has 1 aliphatic rings. The SMILES string of the molecule is CCOc1cc(N)cc(N2CCC(C)C(C)C2)c1. The van der Waals surface area contributed by atoms with E-state index in [1.54, 1.807) is 0 Å². The van der Waals surface area contributed by atoms with Crippen LogP contribution in [0.2, 0.25) is 0 Å². The summed E-state index contributed by atoms with van der Waals surface area (Å²) in [7, 11) is 0. The van der Waals surface area contributed by atoms with Gasteiger partial charge in [0, 0.05) is 36.6 Å². The number of hydrogen-bond donors (Lipinski definition) is 1. The number of benzene rings is 1. The average molecular weight is 248 g/mol. The van der Waals surface area contributed by atoms with Crippen LogP contribution in [0.3, 0.4) is 0 Å². The molecule has 100 valence electrons. The second kappa shape index (κ2) is 5.51. The van der Waals surface area contributed by atoms with Crippen molar-refractivity contribution in [1.29, 1.82) is 0 Å². The molecule has 2 rings (SSSR count). The first-order chi connectivity index (χ1) is 8.60. The van der Waals surface area contributed by atoms with E-state index in [1.165, 1.54) is 12.1 Å². The molecule has 1 heterocycles. The maximum Gasteiger partial charge on any atom is 0.123 e. The van der Waals surface area contributed by atoms with Crippen LogP contribution in [0.5, 0.6) is 5.75 Å². The Kier molecular flexibility index (Phi) is 4.00. The highest BCUT2D eigenvalue weighted by atomic mass is 16.5. The lowest BCUT2D eigenvalue weighted by Gasteiger charge is -2.37. The molecular formula is C15H24N2O. The van der Waals surface area contributed by atoms with E-state index in [2.05, 4.69) is 24.8 Å². The summed E-state index contributed by atoms with van der Waals surface area (Å²) in [5, 5.41) is 0. The molecule has 1 aromatic rings. The number of nitrogens with zero attached hydrogens (tertiary/aromatic N) is 1. The van der Waals surface area contributed by atoms with E-state index in [9.17, 15) is 0 Å². The van der Waals surface area contributed by atoms with E-state index in [-0.39, 0.29) is 0 Å². The lowest BCUT2D eigenvalue weighted by Crippen LogP contribution is -2.38. The van der Waals surface area contributed by atoms with Crippen LogP contribution in [-0.2, 0) is 0 Å². The van der Waals surface area contributed by atoms with Crippen molar-refractivity contribution in [2.24, 2.45) is 11.8 Å². The molecule has 0 radical (unpaired) electrons. The summed E-state index contributed by atoms with van der Waals surface area (Å²) in [4.78, 5) is 2.42. The van der Waals surface area contributed by atoms with Gasteiger partial charge in [0.2, 0.25) is 0 Å². The molecule has 0 aliphatic carbocycles. The summed E-state index contributed by atoms with van der Waals surface area (Å²) in [6.07, 6.45) is 1.25. The normalized spacial score (nSPS) is 24.1. The van der Waals surface area contributed by atoms with Gasteiger partial charge in [-0.05, 0) is 31.2 Å². The molecule has 0 spiro atoms. The fourth-order valence-electron chi connectivity index (χ4n) is 2.54. The fourth-order valence-corrected chi connectivity index (χ4v) is 2.54. The topological polar surface area (TPSA) is 38.5 Å². The number of rotatable bonds is 3. The summed E-state index contributed by atoms with van der Waals surface area (Å²) in [6, 6.07) is 6.04. The van der Waals surface area contributed by atoms with E-state index < -0.39 is 0 Å². The van der Waals surface area contributed by atoms with Crippen molar-refractivity contribution in [2.45, 2.75) is 27.2 Å². The zero-order valence-electron chi connectivity index (χ0n) is 11.6. The van der Waals surface area contributed by atoms with Gasteiger partial charge >= 0.3 is 0 Å². The molecule has 2 N–H and O–H groups in total. The summed E-state index contributed by atoms with van der Waals surface area (Å²) in [5.41, 5.74) is 7.92. The zero-order chi connectivity index (χ0) is 13.1. The van der Waals surface area contributed by atoms with Crippen LogP contribution in [-0.4, -0.2) is 19.7 Å². The van der Waals surface area contributed by atoms with Crippen molar-refractivity contribution in [2.75, 3.05) is 30.3 Å². The van der Waals surface area contributed by atoms with Crippen LogP contribution in [0.4, 0.5) is 11.4 Å². The van der Waals surface area contributed by atoms with Gasteiger partial charge in [0.05, 0.1) is 6.61 Å². The summed E-state index contributed by atoms with van der Waals surface area (Å²) in [6.45, 7) is 9.56. The Morgan fingerprint density at radius 3 is 2.72 bits per heavy atom. The lowest BCUT2D eigenvalue weighted by atomic mass is 9.88. The maximum atomic E-state index is 5.95. The Bertz CT molecular complexity index is 405. The Hall–Kier alpha value is -1.38. The molecule has 1 aliphatic heterocycles. The molecule has 3 nitrogen and oxygen atoms in total. The maximum absolute atomic E-state index is 5.95. The van der Waals surface area contributed by atoms with Crippen molar-refractivity contribution in [3.63, 3.8) is 0 Å². The smallest absolute Gasteiger partial charge is 0.123 e. The monoisotopic (exact) mass is 248 g/mol. The number of piperidine rings is 1. The third-order valence-corrected chi connectivity index (χ3v) is 3.92. The molecule has 2 unspecified atom stereocenters. The standard InChI is InChI=1S/C15H24N2O/c1-4-18-15-8-13(16)7-14(9-15)17-6-5-11(2)12(3)10-17/h7-9,11-12H,4-6,10,16H2,1-3H3. The highest BCUT2D eigenvalue weighted by Crippen LogP contribution is 2.31. The molecule has 0 aromatic heterocycles. The van der Waals surface area contributed by atoms with Gasteiger partial charge < -0.3 is 15.4 Å². The molecule has 3 heteroatoms. The molecule has 0 bridgehead atoms. The second-order valence-electron chi connectivity index (χ2n) is 5.38. The first-order valence-corrected chi connectivity index (χ1v) is 6.88. The third kappa shape index (κ3) is 2.89. The quantitative estimate of drug-likeness (QED) is 0.835. The predicted molar refractivity (Wildman–Crippen MR) is 77.2 cm³/mol. The highest BCUT2D eigenvalue weighted by molar-refractivity contribution is 5.60. The lowest BCUT2D eigenvalue weighted by molar-refractivity contribution is 0.322. The largest absolute Gasteiger partial charge is 0.494 e. The van der Waals surface area contributed by atoms with Crippen LogP contribution in [0, 0.1) is 11.8 Å². The molecule has 18 heavy (non-hydrogen) atoms. The molecule has 1 saturated heterocycles. The third-order valence-electron chi connectivity index (χ3n) is 3.92. The van der Waals surface area contributed by atoms with Gasteiger partial charge in [-0.15, -0.1) is 0 Å². The van der Waals surface area contributed by atoms with E-state index in [1.807, 2.05) is 19.1 Å². The van der Waals surface area contributed by atoms with Crippen LogP contribution in [0.1, 0.15) is 27.2 Å². The van der Waals surface area contributed by atoms with Gasteiger partial charge in [-0.3, -0.25) is 0 Å². The summed E-state index contributed by atoms with van der Waals surface area (Å²) < 4.78 is 5.56. The van der Waals surface area contributed by atoms with E-state index in [4.69, 9.17) is 10.5 Å². The van der Waals surface area contributed by atoms with Crippen molar-refractivity contribution in [1.82, 2.24) is 0 Å². The van der Waals surface area contributed by atoms with E-state index in [0.717, 1.165) is 36.4 Å². The Labute approximate surface area is 110 Å². The van der Waals surface area contributed by atoms with Gasteiger partial charge in [0.1, 0.15) is 5.75 Å². The van der Waals surface area contributed by atoms with Crippen LogP contribution in [0.15, 0.2) is 18.2 Å². The average Bonchev–Trinajstić information content (AvgIpc) is 2.32. The first-order valence-electron chi connectivity index (χ1n) is 6.88. The van der Waals surface area contributed by atoms with Crippen molar-refractivity contribution >= 4 is 11.4 Å². The van der Waals surface area contributed by atoms with Crippen molar-refractivity contribution in [3.8, 4) is 5.75 Å². The number of anilines is 2. The van der Waals surface area contributed by atoms with Gasteiger partial charge in [-0.1, -0.05) is 13.8 Å². The van der Waals surface area contributed by atoms with Crippen LogP contribution in [0.25, 0.3) is 0 Å². The summed E-state index contributed by atoms with van der Waals surface area (Å²) in [5.74, 6) is 2.42. The molecule has 0 saturated carbocycles. The minimum absolute atomic E-state index is 0.677. The fraction of sp³-hybridized carbons (Fsp3) is 0.600. The van der Waals surface area contributed by atoms with Gasteiger partial charge in [-0.2, -0.15) is 0 Å². The zero-order valence-corrected chi connectivity index (χ0v) is 11.6. The Morgan fingerprint density at radius 2 is 2.06 bits per heavy atom. The number of nitrogens with two attached hydrogens (primary N) is 1. The Morgan fingerprint density at radius 1 is 1.28 bits per heavy atom. The van der Waals surface area contributed by atoms with Gasteiger partial charge in [0.25, 0.3) is 0 Å². The molecule has 1 fully saturated rings. The van der Waals surface area contributed by atoms with Gasteiger partial charge in [-0.25, -0.2) is 0 Å². The van der Waals surface area contributed by atoms with Crippen molar-refractivity contribution in [3.05, 3.63) is 18.2 Å². The first kappa shape index (κ1) is 13.1. The second-order valence-corrected chi connectivity index (χ2v) is 5.38. The minimum Gasteiger partial charge on any atom is -0.494 e. The van der Waals surface area contributed by atoms with Crippen molar-refractivity contribution < 1.29 is 4.74 Å². The number of nitrogen functional groups attached to an aromatic ring is 1. The van der Waals surface area contributed by atoms with E-state index >= 15 is 0 Å². The molecule has 2 atom stereocenters. The highest BCUT2D eigenvalue weighted by Gasteiger charge is 2.23. The number of ether oxygens (including phenoxy) is 1. The Balaban J connectivity index is 2.17. The summed E-state index contributed by atoms with van der Waals surface area (Å²) >= 11 is 0. The van der Waals surface area contributed by atoms with Crippen LogP contribution >= 0.6 is 0 Å². The van der Waals surface area contributed by atoms with Crippen LogP contribution < -0.4 is 15.4 Å². The van der Waals surface area contributed by atoms with Gasteiger partial charge in [0.15, 0.2) is 0 Å². The number of hydrogen-bond acceptors (Lipinski definition) is 3. The minimum atomic E-state index is 0.677. The predicted octanol–water partition coefficient (Wildman–Crippen LogP) is 3.15. The molecular weight excluding hydrogens is 224 g/mol. The van der Waals surface area contributed by atoms with E-state index in [0.29, 0.717) is 6.61 Å².